The largest absolute Gasteiger partial charge is 0.376 e. The summed E-state index contributed by atoms with van der Waals surface area (Å²) in [5.41, 5.74) is 2.82. The lowest BCUT2D eigenvalue weighted by molar-refractivity contribution is -0.122. The third-order valence-corrected chi connectivity index (χ3v) is 5.54. The molecule has 3 aromatic rings. The topological polar surface area (TPSA) is 78.2 Å². The molecule has 1 aromatic carbocycles. The molecule has 30 heavy (non-hydrogen) atoms. The lowest BCUT2D eigenvalue weighted by Gasteiger charge is -2.11. The summed E-state index contributed by atoms with van der Waals surface area (Å²) in [5, 5.41) is 2.94. The molecule has 1 saturated heterocycles. The van der Waals surface area contributed by atoms with Gasteiger partial charge in [0, 0.05) is 31.5 Å². The van der Waals surface area contributed by atoms with Crippen LogP contribution in [0.1, 0.15) is 32.6 Å². The van der Waals surface area contributed by atoms with Gasteiger partial charge in [-0.15, -0.1) is 0 Å². The van der Waals surface area contributed by atoms with Gasteiger partial charge in [-0.25, -0.2) is 4.98 Å². The maximum atomic E-state index is 13.2. The quantitative estimate of drug-likeness (QED) is 0.622. The van der Waals surface area contributed by atoms with Crippen LogP contribution in [0.25, 0.3) is 22.2 Å². The summed E-state index contributed by atoms with van der Waals surface area (Å²) in [5.74, 6) is -0.134. The number of nitrogens with one attached hydrogen (secondary N) is 1. The lowest BCUT2D eigenvalue weighted by atomic mass is 10.1. The minimum atomic E-state index is -0.134. The van der Waals surface area contributed by atoms with Gasteiger partial charge >= 0.3 is 0 Å². The first-order valence-corrected chi connectivity index (χ1v) is 10.7. The van der Waals surface area contributed by atoms with E-state index in [1.165, 1.54) is 0 Å². The van der Waals surface area contributed by atoms with Crippen molar-refractivity contribution in [3.63, 3.8) is 0 Å². The van der Waals surface area contributed by atoms with E-state index in [4.69, 9.17) is 4.74 Å². The van der Waals surface area contributed by atoms with Crippen LogP contribution in [0.15, 0.2) is 47.7 Å². The van der Waals surface area contributed by atoms with Crippen LogP contribution < -0.4 is 10.9 Å². The van der Waals surface area contributed by atoms with Crippen LogP contribution in [0.5, 0.6) is 0 Å². The normalized spacial score (nSPS) is 16.2. The van der Waals surface area contributed by atoms with Crippen molar-refractivity contribution in [3.8, 4) is 11.1 Å². The second-order valence-corrected chi connectivity index (χ2v) is 7.77. The lowest BCUT2D eigenvalue weighted by Crippen LogP contribution is -2.34. The summed E-state index contributed by atoms with van der Waals surface area (Å²) in [7, 11) is 0. The summed E-state index contributed by atoms with van der Waals surface area (Å²) >= 11 is 0. The smallest absolute Gasteiger partial charge is 0.277 e. The second kappa shape index (κ2) is 9.26. The van der Waals surface area contributed by atoms with Gasteiger partial charge in [-0.3, -0.25) is 14.2 Å². The van der Waals surface area contributed by atoms with Crippen LogP contribution in [0.4, 0.5) is 0 Å². The maximum absolute atomic E-state index is 13.2. The van der Waals surface area contributed by atoms with Gasteiger partial charge in [0.05, 0.1) is 12.4 Å². The van der Waals surface area contributed by atoms with Crippen molar-refractivity contribution < 1.29 is 9.53 Å². The van der Waals surface area contributed by atoms with E-state index in [0.717, 1.165) is 43.4 Å². The molecule has 7 nitrogen and oxygen atoms in total. The summed E-state index contributed by atoms with van der Waals surface area (Å²) in [6.07, 6.45) is 7.47. The van der Waals surface area contributed by atoms with Gasteiger partial charge in [0.1, 0.15) is 17.6 Å². The molecule has 0 bridgehead atoms. The third kappa shape index (κ3) is 4.31. The van der Waals surface area contributed by atoms with Gasteiger partial charge in [0.2, 0.25) is 5.91 Å². The summed E-state index contributed by atoms with van der Waals surface area (Å²) in [4.78, 5) is 30.4. The van der Waals surface area contributed by atoms with E-state index < -0.39 is 0 Å². The Hall–Kier alpha value is -2.93. The fraction of sp³-hybridized carbons (Fsp3) is 0.435. The van der Waals surface area contributed by atoms with Crippen LogP contribution in [0, 0.1) is 0 Å². The zero-order valence-corrected chi connectivity index (χ0v) is 17.3. The number of fused-ring (bicyclic) bond motifs is 1. The zero-order chi connectivity index (χ0) is 20.9. The molecule has 1 fully saturated rings. The molecule has 1 N–H and O–H groups in total. The van der Waals surface area contributed by atoms with Crippen molar-refractivity contribution in [2.75, 3.05) is 13.2 Å². The molecule has 3 heterocycles. The van der Waals surface area contributed by atoms with Gasteiger partial charge in [0.25, 0.3) is 5.56 Å². The van der Waals surface area contributed by atoms with Gasteiger partial charge in [-0.2, -0.15) is 0 Å². The van der Waals surface area contributed by atoms with E-state index in [9.17, 15) is 9.59 Å². The number of hydrogen-bond acceptors (Lipinski definition) is 4. The van der Waals surface area contributed by atoms with Crippen molar-refractivity contribution in [3.05, 3.63) is 53.2 Å². The average Bonchev–Trinajstić information content (AvgIpc) is 3.41. The molecular weight excluding hydrogens is 380 g/mol. The Morgan fingerprint density at radius 1 is 1.27 bits per heavy atom. The van der Waals surface area contributed by atoms with E-state index in [-0.39, 0.29) is 24.1 Å². The number of benzene rings is 1. The number of carbonyl (C=O) groups excluding carboxylic acids is 1. The van der Waals surface area contributed by atoms with Crippen molar-refractivity contribution in [2.45, 2.75) is 51.8 Å². The summed E-state index contributed by atoms with van der Waals surface area (Å²) in [6.45, 7) is 4.04. The Morgan fingerprint density at radius 3 is 2.83 bits per heavy atom. The molecule has 2 aromatic heterocycles. The first-order valence-electron chi connectivity index (χ1n) is 10.7. The molecule has 0 radical (unpaired) electrons. The van der Waals surface area contributed by atoms with Crippen LogP contribution in [0.3, 0.4) is 0 Å². The zero-order valence-electron chi connectivity index (χ0n) is 17.3. The number of amides is 1. The van der Waals surface area contributed by atoms with Crippen LogP contribution in [-0.4, -0.2) is 39.3 Å². The Labute approximate surface area is 175 Å². The van der Waals surface area contributed by atoms with Gasteiger partial charge < -0.3 is 14.6 Å². The Bertz CT molecular complexity index is 1070. The second-order valence-electron chi connectivity index (χ2n) is 7.77. The van der Waals surface area contributed by atoms with E-state index >= 15 is 0 Å². The number of hydrogen-bond donors (Lipinski definition) is 1. The fourth-order valence-electron chi connectivity index (χ4n) is 3.90. The Morgan fingerprint density at radius 2 is 2.10 bits per heavy atom. The number of carbonyl (C=O) groups is 1. The molecule has 7 heteroatoms. The highest BCUT2D eigenvalue weighted by atomic mass is 16.5. The molecule has 0 aliphatic carbocycles. The number of rotatable bonds is 8. The molecule has 0 spiro atoms. The number of ether oxygens (including phenoxy) is 1. The van der Waals surface area contributed by atoms with Crippen LogP contribution >= 0.6 is 0 Å². The molecule has 1 amide bonds. The Balaban J connectivity index is 1.67. The fourth-order valence-corrected chi connectivity index (χ4v) is 3.90. The van der Waals surface area contributed by atoms with Gasteiger partial charge in [-0.05, 0) is 24.8 Å². The monoisotopic (exact) mass is 408 g/mol. The van der Waals surface area contributed by atoms with Gasteiger partial charge in [-0.1, -0.05) is 43.7 Å². The van der Waals surface area contributed by atoms with Crippen LogP contribution in [-0.2, 0) is 22.6 Å². The molecule has 1 aliphatic rings. The third-order valence-electron chi connectivity index (χ3n) is 5.54. The molecule has 1 aliphatic heterocycles. The molecule has 0 saturated carbocycles. The van der Waals surface area contributed by atoms with Gasteiger partial charge in [0.15, 0.2) is 0 Å². The van der Waals surface area contributed by atoms with Crippen molar-refractivity contribution in [1.82, 2.24) is 19.4 Å². The molecule has 158 valence electrons. The standard InChI is InChI=1S/C23H28N4O3/c1-2-3-11-26-16-25-21-19(17-8-5-4-6-9-17)14-27(22(21)23(26)29)15-20(28)24-13-18-10-7-12-30-18/h4-6,8-9,14,16,18H,2-3,7,10-13,15H2,1H3,(H,24,28)/t18-/m0/s1. The van der Waals surface area contributed by atoms with Crippen LogP contribution in [0.2, 0.25) is 0 Å². The van der Waals surface area contributed by atoms with E-state index in [2.05, 4.69) is 17.2 Å². The number of aromatic nitrogens is 3. The predicted molar refractivity (Wildman–Crippen MR) is 116 cm³/mol. The van der Waals surface area contributed by atoms with Crippen molar-refractivity contribution in [1.29, 1.82) is 0 Å². The molecule has 0 unspecified atom stereocenters. The SMILES string of the molecule is CCCCn1cnc2c(-c3ccccc3)cn(CC(=O)NC[C@@H]3CCCO3)c2c1=O. The summed E-state index contributed by atoms with van der Waals surface area (Å²) < 4.78 is 8.95. The van der Waals surface area contributed by atoms with E-state index in [0.29, 0.717) is 24.1 Å². The number of nitrogens with zero attached hydrogens (tertiary/aromatic N) is 3. The van der Waals surface area contributed by atoms with Crippen molar-refractivity contribution >= 4 is 16.9 Å². The first kappa shape index (κ1) is 20.3. The molecular formula is C23H28N4O3. The molecule has 4 rings (SSSR count). The summed E-state index contributed by atoms with van der Waals surface area (Å²) in [6, 6.07) is 9.83. The Kier molecular flexibility index (Phi) is 6.28. The minimum absolute atomic E-state index is 0.0742. The average molecular weight is 409 g/mol. The van der Waals surface area contributed by atoms with E-state index in [1.54, 1.807) is 15.5 Å². The number of aryl methyl sites for hydroxylation is 1. The predicted octanol–water partition coefficient (Wildman–Crippen LogP) is 2.96. The van der Waals surface area contributed by atoms with Crippen molar-refractivity contribution in [2.24, 2.45) is 0 Å². The molecule has 1 atom stereocenters. The maximum Gasteiger partial charge on any atom is 0.277 e. The number of unbranched alkanes of at least 4 members (excludes halogenated alkanes) is 1. The first-order chi connectivity index (χ1) is 14.7. The minimum Gasteiger partial charge on any atom is -0.376 e. The van der Waals surface area contributed by atoms with E-state index in [1.807, 2.05) is 36.5 Å². The highest BCUT2D eigenvalue weighted by Gasteiger charge is 2.19. The highest BCUT2D eigenvalue weighted by Crippen LogP contribution is 2.27. The highest BCUT2D eigenvalue weighted by molar-refractivity contribution is 5.93.